The molecule has 4 N–H and O–H groups in total. The van der Waals surface area contributed by atoms with Gasteiger partial charge in [-0.2, -0.15) is 0 Å². The lowest BCUT2D eigenvalue weighted by molar-refractivity contribution is -0.144. The van der Waals surface area contributed by atoms with Crippen LogP contribution in [0.2, 0.25) is 0 Å². The van der Waals surface area contributed by atoms with Crippen LogP contribution in [0.15, 0.2) is 36.4 Å². The third kappa shape index (κ3) is 6.79. The maximum atomic E-state index is 12.3. The molecule has 0 aliphatic rings. The summed E-state index contributed by atoms with van der Waals surface area (Å²) in [7, 11) is 1.25. The lowest BCUT2D eigenvalue weighted by Gasteiger charge is -2.28. The number of carbonyl (C=O) groups excluding carboxylic acids is 2. The average molecular weight is 344 g/mol. The number of aliphatic hydroxyl groups is 1. The molecular formula is C19H24N2O4. The Bertz CT molecular complexity index is 676. The Morgan fingerprint density at radius 1 is 1.36 bits per heavy atom. The van der Waals surface area contributed by atoms with Crippen molar-refractivity contribution in [1.29, 1.82) is 0 Å². The fraction of sp³-hybridized carbons (Fsp3) is 0.368. The van der Waals surface area contributed by atoms with Crippen molar-refractivity contribution in [2.45, 2.75) is 31.8 Å². The van der Waals surface area contributed by atoms with Crippen LogP contribution in [0.4, 0.5) is 0 Å². The van der Waals surface area contributed by atoms with Crippen molar-refractivity contribution in [3.05, 3.63) is 47.5 Å². The molecule has 0 bridgehead atoms. The van der Waals surface area contributed by atoms with Gasteiger partial charge in [0.2, 0.25) is 0 Å². The van der Waals surface area contributed by atoms with Gasteiger partial charge in [-0.15, -0.1) is 0 Å². The van der Waals surface area contributed by atoms with E-state index in [1.807, 2.05) is 0 Å². The van der Waals surface area contributed by atoms with E-state index in [9.17, 15) is 9.59 Å². The molecule has 0 heterocycles. The molecule has 0 aliphatic heterocycles. The van der Waals surface area contributed by atoms with Crippen molar-refractivity contribution in [3.8, 4) is 11.8 Å². The fourth-order valence-corrected chi connectivity index (χ4v) is 1.93. The van der Waals surface area contributed by atoms with E-state index in [4.69, 9.17) is 15.6 Å². The average Bonchev–Trinajstić information content (AvgIpc) is 2.58. The van der Waals surface area contributed by atoms with Crippen LogP contribution in [0, 0.1) is 11.8 Å². The van der Waals surface area contributed by atoms with Gasteiger partial charge in [0.1, 0.15) is 6.04 Å². The molecule has 0 radical (unpaired) electrons. The number of benzene rings is 1. The van der Waals surface area contributed by atoms with E-state index < -0.39 is 23.5 Å². The molecule has 1 atom stereocenters. The minimum Gasteiger partial charge on any atom is -0.467 e. The van der Waals surface area contributed by atoms with Crippen molar-refractivity contribution in [2.75, 3.05) is 13.7 Å². The second-order valence-electron chi connectivity index (χ2n) is 6.01. The number of hydrogen-bond acceptors (Lipinski definition) is 5. The van der Waals surface area contributed by atoms with E-state index in [0.29, 0.717) is 12.0 Å². The fourth-order valence-electron chi connectivity index (χ4n) is 1.93. The molecule has 0 unspecified atom stereocenters. The molecular weight excluding hydrogens is 320 g/mol. The van der Waals surface area contributed by atoms with Crippen LogP contribution in [0.3, 0.4) is 0 Å². The molecule has 134 valence electrons. The first-order chi connectivity index (χ1) is 11.8. The summed E-state index contributed by atoms with van der Waals surface area (Å²) in [6.45, 7) is 3.36. The summed E-state index contributed by atoms with van der Waals surface area (Å²) in [5, 5.41) is 11.3. The Hall–Kier alpha value is -2.62. The molecule has 0 saturated carbocycles. The van der Waals surface area contributed by atoms with E-state index in [1.165, 1.54) is 7.11 Å². The van der Waals surface area contributed by atoms with Gasteiger partial charge in [-0.3, -0.25) is 4.79 Å². The van der Waals surface area contributed by atoms with Crippen LogP contribution in [0.1, 0.15) is 36.2 Å². The minimum absolute atomic E-state index is 0.0914. The standard InChI is InChI=1S/C19H24N2O4/c1-19(2,20)16(18(24)25-3)21-17(23)15-11-9-14(10-12-15)8-6-4-5-7-13-22/h4-5,9-12,16,22H,7,13,20H2,1-3H3,(H,21,23)/b5-4+/t16-/m1/s1. The van der Waals surface area contributed by atoms with E-state index in [1.54, 1.807) is 50.3 Å². The Morgan fingerprint density at radius 2 is 2.00 bits per heavy atom. The Balaban J connectivity index is 2.81. The van der Waals surface area contributed by atoms with Gasteiger partial charge in [0.05, 0.1) is 7.11 Å². The maximum Gasteiger partial charge on any atom is 0.330 e. The van der Waals surface area contributed by atoms with Gasteiger partial charge in [0.25, 0.3) is 5.91 Å². The first-order valence-corrected chi connectivity index (χ1v) is 7.84. The molecule has 0 spiro atoms. The van der Waals surface area contributed by atoms with Gasteiger partial charge in [0.15, 0.2) is 0 Å². The predicted molar refractivity (Wildman–Crippen MR) is 95.7 cm³/mol. The number of esters is 1. The number of aliphatic hydroxyl groups excluding tert-OH is 1. The molecule has 6 nitrogen and oxygen atoms in total. The highest BCUT2D eigenvalue weighted by molar-refractivity contribution is 5.97. The highest BCUT2D eigenvalue weighted by Crippen LogP contribution is 2.10. The molecule has 6 heteroatoms. The predicted octanol–water partition coefficient (Wildman–Crippen LogP) is 0.985. The number of methoxy groups -OCH3 is 1. The Labute approximate surface area is 148 Å². The van der Waals surface area contributed by atoms with Gasteiger partial charge in [-0.1, -0.05) is 17.9 Å². The van der Waals surface area contributed by atoms with Crippen molar-refractivity contribution in [1.82, 2.24) is 5.32 Å². The van der Waals surface area contributed by atoms with Gasteiger partial charge < -0.3 is 20.9 Å². The lowest BCUT2D eigenvalue weighted by Crippen LogP contribution is -2.59. The number of hydrogen-bond donors (Lipinski definition) is 3. The number of amides is 1. The Kier molecular flexibility index (Phi) is 7.86. The van der Waals surface area contributed by atoms with E-state index in [-0.39, 0.29) is 6.61 Å². The number of rotatable bonds is 6. The molecule has 0 aromatic heterocycles. The van der Waals surface area contributed by atoms with Crippen molar-refractivity contribution < 1.29 is 19.4 Å². The largest absolute Gasteiger partial charge is 0.467 e. The summed E-state index contributed by atoms with van der Waals surface area (Å²) < 4.78 is 4.69. The summed E-state index contributed by atoms with van der Waals surface area (Å²) in [5.41, 5.74) is 6.11. The summed E-state index contributed by atoms with van der Waals surface area (Å²) in [6, 6.07) is 5.70. The second kappa shape index (κ2) is 9.62. The quantitative estimate of drug-likeness (QED) is 0.527. The number of nitrogens with one attached hydrogen (secondary N) is 1. The van der Waals surface area contributed by atoms with Crippen LogP contribution in [0.25, 0.3) is 0 Å². The van der Waals surface area contributed by atoms with Crippen LogP contribution >= 0.6 is 0 Å². The van der Waals surface area contributed by atoms with Crippen LogP contribution < -0.4 is 11.1 Å². The highest BCUT2D eigenvalue weighted by atomic mass is 16.5. The van der Waals surface area contributed by atoms with E-state index in [0.717, 1.165) is 5.56 Å². The highest BCUT2D eigenvalue weighted by Gasteiger charge is 2.34. The first-order valence-electron chi connectivity index (χ1n) is 7.84. The lowest BCUT2D eigenvalue weighted by atomic mass is 9.95. The topological polar surface area (TPSA) is 102 Å². The molecule has 0 aliphatic carbocycles. The van der Waals surface area contributed by atoms with Gasteiger partial charge >= 0.3 is 5.97 Å². The number of carbonyl (C=O) groups is 2. The van der Waals surface area contributed by atoms with Crippen molar-refractivity contribution >= 4 is 11.9 Å². The SMILES string of the molecule is COC(=O)[C@@H](NC(=O)c1ccc(C#C/C=C/CCO)cc1)C(C)(C)N. The normalized spacial score (nSPS) is 12.2. The summed E-state index contributed by atoms with van der Waals surface area (Å²) in [4.78, 5) is 24.1. The number of ether oxygens (including phenoxy) is 1. The number of nitrogens with two attached hydrogens (primary N) is 1. The Morgan fingerprint density at radius 3 is 2.52 bits per heavy atom. The molecule has 1 amide bonds. The molecule has 0 saturated heterocycles. The van der Waals surface area contributed by atoms with Crippen LogP contribution in [0.5, 0.6) is 0 Å². The molecule has 1 aromatic rings. The van der Waals surface area contributed by atoms with Crippen LogP contribution in [-0.2, 0) is 9.53 Å². The van der Waals surface area contributed by atoms with E-state index in [2.05, 4.69) is 17.2 Å². The number of allylic oxidation sites excluding steroid dienone is 1. The molecule has 25 heavy (non-hydrogen) atoms. The summed E-state index contributed by atoms with van der Waals surface area (Å²) in [6.07, 6.45) is 4.00. The molecule has 1 aromatic carbocycles. The molecule has 1 rings (SSSR count). The summed E-state index contributed by atoms with van der Waals surface area (Å²) >= 11 is 0. The zero-order valence-electron chi connectivity index (χ0n) is 14.7. The third-order valence-corrected chi connectivity index (χ3v) is 3.32. The van der Waals surface area contributed by atoms with Gasteiger partial charge in [0, 0.05) is 23.3 Å². The van der Waals surface area contributed by atoms with Gasteiger partial charge in [-0.05, 0) is 50.6 Å². The molecule has 0 fully saturated rings. The van der Waals surface area contributed by atoms with Gasteiger partial charge in [-0.25, -0.2) is 4.79 Å². The van der Waals surface area contributed by atoms with Crippen LogP contribution in [-0.4, -0.2) is 42.3 Å². The second-order valence-corrected chi connectivity index (χ2v) is 6.01. The van der Waals surface area contributed by atoms with E-state index >= 15 is 0 Å². The summed E-state index contributed by atoms with van der Waals surface area (Å²) in [5.74, 6) is 4.74. The smallest absolute Gasteiger partial charge is 0.330 e. The maximum absolute atomic E-state index is 12.3. The zero-order valence-corrected chi connectivity index (χ0v) is 14.7. The third-order valence-electron chi connectivity index (χ3n) is 3.32. The van der Waals surface area contributed by atoms with Crippen molar-refractivity contribution in [2.24, 2.45) is 5.73 Å². The first kappa shape index (κ1) is 20.4. The van der Waals surface area contributed by atoms with Crippen molar-refractivity contribution in [3.63, 3.8) is 0 Å². The monoisotopic (exact) mass is 344 g/mol. The zero-order chi connectivity index (χ0) is 18.9. The minimum atomic E-state index is -0.963.